The van der Waals surface area contributed by atoms with Crippen molar-refractivity contribution in [3.63, 3.8) is 0 Å². The van der Waals surface area contributed by atoms with Gasteiger partial charge in [-0.25, -0.2) is 0 Å². The molecule has 0 bridgehead atoms. The Kier molecular flexibility index (Phi) is 5.54. The number of fused-ring (bicyclic) bond motifs is 5. The fourth-order valence-corrected chi connectivity index (χ4v) is 6.98. The second-order valence-electron chi connectivity index (χ2n) is 10.5. The Morgan fingerprint density at radius 2 is 0.878 bits per heavy atom. The molecule has 8 aromatic rings. The van der Waals surface area contributed by atoms with E-state index in [2.05, 4.69) is 121 Å². The van der Waals surface area contributed by atoms with E-state index in [0.29, 0.717) is 0 Å². The molecule has 0 saturated heterocycles. The van der Waals surface area contributed by atoms with E-state index < -0.39 is 0 Å². The van der Waals surface area contributed by atoms with E-state index in [1.807, 2.05) is 24.3 Å². The lowest BCUT2D eigenvalue weighted by Gasteiger charge is -2.10. The maximum atomic E-state index is 13.3. The average Bonchev–Trinajstić information content (AvgIpc) is 3.04. The van der Waals surface area contributed by atoms with Crippen LogP contribution in [0.25, 0.3) is 75.1 Å². The maximum Gasteiger partial charge on any atom is 0.195 e. The van der Waals surface area contributed by atoms with E-state index >= 15 is 0 Å². The largest absolute Gasteiger partial charge is 0.289 e. The molecule has 1 aromatic heterocycles. The zero-order valence-electron chi connectivity index (χ0n) is 22.2. The van der Waals surface area contributed by atoms with E-state index in [0.717, 1.165) is 36.9 Å². The van der Waals surface area contributed by atoms with E-state index in [1.165, 1.54) is 38.2 Å². The molecule has 1 heterocycles. The number of hydrogen-bond acceptors (Lipinski definition) is 2. The lowest BCUT2D eigenvalue weighted by molar-refractivity contribution is 1.59. The molecule has 0 unspecified atom stereocenters. The molecule has 192 valence electrons. The molecule has 2 heteroatoms. The SMILES string of the molecule is O=c1c2ccccc2sc2ccc(-c3cccc(-c4cccc(-c5ccc6c(ccc7ccccc76)c5)c4)c3)cc12. The first-order valence-corrected chi connectivity index (χ1v) is 14.6. The quantitative estimate of drug-likeness (QED) is 0.161. The topological polar surface area (TPSA) is 17.1 Å². The molecule has 41 heavy (non-hydrogen) atoms. The second-order valence-corrected chi connectivity index (χ2v) is 11.6. The number of benzene rings is 7. The zero-order valence-corrected chi connectivity index (χ0v) is 23.0. The molecule has 0 radical (unpaired) electrons. The summed E-state index contributed by atoms with van der Waals surface area (Å²) in [4.78, 5) is 13.3. The van der Waals surface area contributed by atoms with Crippen LogP contribution in [0.2, 0.25) is 0 Å². The normalized spacial score (nSPS) is 11.5. The minimum atomic E-state index is 0.100. The summed E-state index contributed by atoms with van der Waals surface area (Å²) in [6.45, 7) is 0. The fraction of sp³-hybridized carbons (Fsp3) is 0. The van der Waals surface area contributed by atoms with Crippen molar-refractivity contribution in [2.45, 2.75) is 0 Å². The molecule has 0 spiro atoms. The Bertz CT molecular complexity index is 2340. The van der Waals surface area contributed by atoms with Crippen molar-refractivity contribution in [1.29, 1.82) is 0 Å². The first-order chi connectivity index (χ1) is 20.2. The first-order valence-electron chi connectivity index (χ1n) is 13.8. The predicted octanol–water partition coefficient (Wildman–Crippen LogP) is 10.7. The molecular weight excluding hydrogens is 516 g/mol. The molecule has 0 atom stereocenters. The van der Waals surface area contributed by atoms with Gasteiger partial charge in [0.25, 0.3) is 0 Å². The van der Waals surface area contributed by atoms with Gasteiger partial charge in [-0.3, -0.25) is 4.79 Å². The van der Waals surface area contributed by atoms with E-state index in [1.54, 1.807) is 11.3 Å². The summed E-state index contributed by atoms with van der Waals surface area (Å²) in [5.74, 6) is 0. The van der Waals surface area contributed by atoms with Crippen LogP contribution in [0.4, 0.5) is 0 Å². The van der Waals surface area contributed by atoms with Gasteiger partial charge in [-0.15, -0.1) is 11.3 Å². The van der Waals surface area contributed by atoms with Crippen LogP contribution < -0.4 is 5.43 Å². The van der Waals surface area contributed by atoms with Gasteiger partial charge in [0.05, 0.1) is 0 Å². The highest BCUT2D eigenvalue weighted by molar-refractivity contribution is 7.24. The highest BCUT2D eigenvalue weighted by Crippen LogP contribution is 2.34. The lowest BCUT2D eigenvalue weighted by atomic mass is 9.94. The number of hydrogen-bond donors (Lipinski definition) is 0. The van der Waals surface area contributed by atoms with Gasteiger partial charge in [-0.2, -0.15) is 0 Å². The highest BCUT2D eigenvalue weighted by atomic mass is 32.1. The molecule has 0 aliphatic rings. The summed E-state index contributed by atoms with van der Waals surface area (Å²) >= 11 is 1.67. The third-order valence-corrected chi connectivity index (χ3v) is 9.20. The lowest BCUT2D eigenvalue weighted by Crippen LogP contribution is -2.00. The molecule has 0 aliphatic carbocycles. The van der Waals surface area contributed by atoms with Crippen LogP contribution in [-0.2, 0) is 0 Å². The van der Waals surface area contributed by atoms with E-state index in [4.69, 9.17) is 0 Å². The third kappa shape index (κ3) is 4.12. The van der Waals surface area contributed by atoms with Crippen LogP contribution >= 0.6 is 11.3 Å². The summed E-state index contributed by atoms with van der Waals surface area (Å²) in [5, 5.41) is 6.64. The van der Waals surface area contributed by atoms with Crippen molar-refractivity contribution in [2.24, 2.45) is 0 Å². The predicted molar refractivity (Wildman–Crippen MR) is 177 cm³/mol. The molecule has 8 rings (SSSR count). The Morgan fingerprint density at radius 1 is 0.341 bits per heavy atom. The van der Waals surface area contributed by atoms with Gasteiger partial charge >= 0.3 is 0 Å². The molecule has 0 N–H and O–H groups in total. The van der Waals surface area contributed by atoms with E-state index in [-0.39, 0.29) is 5.43 Å². The standard InChI is InChI=1S/C39H24OS/c40-39-35-13-3-4-14-37(35)41-38-20-18-31(24-36(38)39)29-11-6-9-27(22-29)26-8-5-10-28(21-26)30-17-19-34-32(23-30)16-15-25-7-1-2-12-33(25)34/h1-24H. The van der Waals surface area contributed by atoms with Crippen LogP contribution in [-0.4, -0.2) is 0 Å². The summed E-state index contributed by atoms with van der Waals surface area (Å²) < 4.78 is 2.05. The summed E-state index contributed by atoms with van der Waals surface area (Å²) in [6.07, 6.45) is 0. The summed E-state index contributed by atoms with van der Waals surface area (Å²) in [7, 11) is 0. The fourth-order valence-electron chi connectivity index (χ4n) is 5.93. The minimum Gasteiger partial charge on any atom is -0.289 e. The molecule has 0 aliphatic heterocycles. The van der Waals surface area contributed by atoms with Crippen LogP contribution in [0.5, 0.6) is 0 Å². The molecular formula is C39H24OS. The zero-order chi connectivity index (χ0) is 27.3. The average molecular weight is 541 g/mol. The molecule has 0 fully saturated rings. The molecule has 0 amide bonds. The molecule has 1 nitrogen and oxygen atoms in total. The van der Waals surface area contributed by atoms with Crippen LogP contribution in [0.15, 0.2) is 150 Å². The van der Waals surface area contributed by atoms with Crippen molar-refractivity contribution in [3.8, 4) is 33.4 Å². The Labute approximate surface area is 241 Å². The van der Waals surface area contributed by atoms with E-state index in [9.17, 15) is 4.79 Å². The maximum absolute atomic E-state index is 13.3. The van der Waals surface area contributed by atoms with Crippen molar-refractivity contribution in [3.05, 3.63) is 156 Å². The van der Waals surface area contributed by atoms with Gasteiger partial charge in [-0.1, -0.05) is 103 Å². The van der Waals surface area contributed by atoms with Crippen molar-refractivity contribution < 1.29 is 0 Å². The van der Waals surface area contributed by atoms with Crippen LogP contribution in [0, 0.1) is 0 Å². The van der Waals surface area contributed by atoms with Crippen molar-refractivity contribution >= 4 is 53.1 Å². The smallest absolute Gasteiger partial charge is 0.195 e. The third-order valence-electron chi connectivity index (χ3n) is 8.05. The van der Waals surface area contributed by atoms with Gasteiger partial charge in [0.1, 0.15) is 0 Å². The Balaban J connectivity index is 1.18. The summed E-state index contributed by atoms with van der Waals surface area (Å²) in [6, 6.07) is 51.2. The molecule has 0 saturated carbocycles. The summed E-state index contributed by atoms with van der Waals surface area (Å²) in [5.41, 5.74) is 6.97. The van der Waals surface area contributed by atoms with Crippen LogP contribution in [0.1, 0.15) is 0 Å². The molecule has 7 aromatic carbocycles. The van der Waals surface area contributed by atoms with Gasteiger partial charge in [0, 0.05) is 20.2 Å². The minimum absolute atomic E-state index is 0.100. The van der Waals surface area contributed by atoms with Gasteiger partial charge in [0.15, 0.2) is 5.43 Å². The Hall–Kier alpha value is -5.05. The number of rotatable bonds is 3. The van der Waals surface area contributed by atoms with Crippen molar-refractivity contribution in [1.82, 2.24) is 0 Å². The van der Waals surface area contributed by atoms with Crippen molar-refractivity contribution in [2.75, 3.05) is 0 Å². The van der Waals surface area contributed by atoms with Gasteiger partial charge < -0.3 is 0 Å². The van der Waals surface area contributed by atoms with Gasteiger partial charge in [-0.05, 0) is 97.4 Å². The van der Waals surface area contributed by atoms with Gasteiger partial charge in [0.2, 0.25) is 0 Å². The second kappa shape index (κ2) is 9.55. The highest BCUT2D eigenvalue weighted by Gasteiger charge is 2.10. The first kappa shape index (κ1) is 23.8. The monoisotopic (exact) mass is 540 g/mol. The Morgan fingerprint density at radius 3 is 1.63 bits per heavy atom. The van der Waals surface area contributed by atoms with Crippen LogP contribution in [0.3, 0.4) is 0 Å².